The molecule has 1 amide bonds. The summed E-state index contributed by atoms with van der Waals surface area (Å²) >= 11 is 1.14. The van der Waals surface area contributed by atoms with E-state index >= 15 is 0 Å². The lowest BCUT2D eigenvalue weighted by atomic mass is 10.2. The van der Waals surface area contributed by atoms with E-state index in [1.165, 1.54) is 52.9 Å². The molecule has 0 fully saturated rings. The zero-order valence-corrected chi connectivity index (χ0v) is 19.6. The molecule has 1 heterocycles. The van der Waals surface area contributed by atoms with Crippen LogP contribution >= 0.6 is 11.3 Å². The van der Waals surface area contributed by atoms with Crippen LogP contribution in [-0.2, 0) is 19.9 Å². The van der Waals surface area contributed by atoms with Gasteiger partial charge in [0.1, 0.15) is 0 Å². The number of hydrogen-bond donors (Lipinski definition) is 1. The summed E-state index contributed by atoms with van der Waals surface area (Å²) in [6.07, 6.45) is 4.09. The largest absolute Gasteiger partial charge is 0.298 e. The van der Waals surface area contributed by atoms with E-state index in [9.17, 15) is 21.6 Å². The molecule has 2 aromatic carbocycles. The molecule has 0 unspecified atom stereocenters. The van der Waals surface area contributed by atoms with Crippen molar-refractivity contribution in [1.82, 2.24) is 9.29 Å². The number of sulfone groups is 1. The number of anilines is 1. The molecule has 0 aliphatic rings. The molecule has 0 radical (unpaired) electrons. The van der Waals surface area contributed by atoms with Gasteiger partial charge in [-0.2, -0.15) is 4.31 Å². The van der Waals surface area contributed by atoms with E-state index < -0.39 is 25.8 Å². The average molecular weight is 492 g/mol. The van der Waals surface area contributed by atoms with Crippen LogP contribution in [0.15, 0.2) is 77.6 Å². The summed E-state index contributed by atoms with van der Waals surface area (Å²) in [5.41, 5.74) is 0.808. The molecule has 11 heteroatoms. The predicted octanol–water partition coefficient (Wildman–Crippen LogP) is 3.31. The quantitative estimate of drug-likeness (QED) is 0.460. The van der Waals surface area contributed by atoms with Crippen molar-refractivity contribution < 1.29 is 21.6 Å². The number of nitrogens with one attached hydrogen (secondary N) is 1. The van der Waals surface area contributed by atoms with Crippen molar-refractivity contribution in [3.05, 3.63) is 73.3 Å². The molecule has 32 heavy (non-hydrogen) atoms. The minimum absolute atomic E-state index is 0.0473. The Bertz CT molecular complexity index is 1380. The molecule has 0 aliphatic heterocycles. The lowest BCUT2D eigenvalue weighted by Gasteiger charge is -2.19. The van der Waals surface area contributed by atoms with Gasteiger partial charge in [-0.05, 0) is 42.5 Å². The smallest absolute Gasteiger partial charge is 0.257 e. The Kier molecular flexibility index (Phi) is 6.94. The number of rotatable bonds is 9. The van der Waals surface area contributed by atoms with Gasteiger partial charge >= 0.3 is 0 Å². The Morgan fingerprint density at radius 1 is 1.03 bits per heavy atom. The van der Waals surface area contributed by atoms with Crippen LogP contribution < -0.4 is 5.32 Å². The van der Waals surface area contributed by atoms with Gasteiger partial charge in [-0.25, -0.2) is 21.8 Å². The first-order valence-corrected chi connectivity index (χ1v) is 13.4. The highest BCUT2D eigenvalue weighted by atomic mass is 32.2. The summed E-state index contributed by atoms with van der Waals surface area (Å²) in [6, 6.07) is 10.1. The third-order valence-corrected chi connectivity index (χ3v) is 8.32. The number of carbonyl (C=O) groups excluding carboxylic acids is 1. The second-order valence-corrected chi connectivity index (χ2v) is 11.8. The van der Waals surface area contributed by atoms with Crippen LogP contribution in [0.2, 0.25) is 0 Å². The summed E-state index contributed by atoms with van der Waals surface area (Å²) in [4.78, 5) is 17.1. The molecule has 0 spiro atoms. The molecule has 0 aliphatic carbocycles. The Labute approximate surface area is 190 Å². The molecule has 3 aromatic rings. The first-order chi connectivity index (χ1) is 15.1. The normalized spacial score (nSPS) is 12.1. The topological polar surface area (TPSA) is 114 Å². The van der Waals surface area contributed by atoms with Gasteiger partial charge in [-0.3, -0.25) is 10.1 Å². The lowest BCUT2D eigenvalue weighted by Crippen LogP contribution is -2.31. The Morgan fingerprint density at radius 2 is 1.62 bits per heavy atom. The molecule has 1 N–H and O–H groups in total. The van der Waals surface area contributed by atoms with Crippen molar-refractivity contribution in [3.63, 3.8) is 0 Å². The highest BCUT2D eigenvalue weighted by Crippen LogP contribution is 2.28. The van der Waals surface area contributed by atoms with E-state index in [0.29, 0.717) is 15.3 Å². The highest BCUT2D eigenvalue weighted by molar-refractivity contribution is 7.90. The zero-order valence-electron chi connectivity index (χ0n) is 17.2. The molecule has 0 saturated heterocycles. The van der Waals surface area contributed by atoms with Gasteiger partial charge in [-0.1, -0.05) is 23.5 Å². The number of nitrogens with zero attached hydrogens (tertiary/aromatic N) is 2. The lowest BCUT2D eigenvalue weighted by molar-refractivity contribution is 0.102. The maximum atomic E-state index is 12.8. The van der Waals surface area contributed by atoms with Crippen LogP contribution in [-0.4, -0.2) is 51.4 Å². The number of sulfonamides is 1. The second kappa shape index (κ2) is 9.33. The number of hydrogen-bond acceptors (Lipinski definition) is 7. The van der Waals surface area contributed by atoms with Gasteiger partial charge in [0, 0.05) is 24.9 Å². The van der Waals surface area contributed by atoms with Gasteiger partial charge in [0.25, 0.3) is 5.91 Å². The van der Waals surface area contributed by atoms with E-state index in [-0.39, 0.29) is 28.4 Å². The van der Waals surface area contributed by atoms with E-state index in [0.717, 1.165) is 17.6 Å². The molecule has 0 saturated carbocycles. The van der Waals surface area contributed by atoms with Crippen LogP contribution in [0.4, 0.5) is 5.13 Å². The monoisotopic (exact) mass is 491 g/mol. The van der Waals surface area contributed by atoms with Crippen LogP contribution in [0.5, 0.6) is 0 Å². The number of thiazole rings is 1. The van der Waals surface area contributed by atoms with E-state index in [1.54, 1.807) is 6.07 Å². The third-order valence-electron chi connectivity index (χ3n) is 4.43. The molecule has 1 aromatic heterocycles. The fourth-order valence-corrected chi connectivity index (χ4v) is 5.85. The van der Waals surface area contributed by atoms with Crippen molar-refractivity contribution >= 4 is 52.5 Å². The summed E-state index contributed by atoms with van der Waals surface area (Å²) in [7, 11) is -7.11. The van der Waals surface area contributed by atoms with Gasteiger partial charge in [0.05, 0.1) is 20.0 Å². The number of aromatic nitrogens is 1. The zero-order chi connectivity index (χ0) is 23.5. The SMILES string of the molecule is C=CCN(CC=C)S(=O)(=O)c1ccc(C(=O)Nc2nc3ccc(S(C)(=O)=O)cc3s2)cc1. The maximum absolute atomic E-state index is 12.8. The summed E-state index contributed by atoms with van der Waals surface area (Å²) < 4.78 is 50.8. The van der Waals surface area contributed by atoms with Crippen LogP contribution in [0.1, 0.15) is 10.4 Å². The van der Waals surface area contributed by atoms with Gasteiger partial charge in [-0.15, -0.1) is 13.2 Å². The van der Waals surface area contributed by atoms with Crippen molar-refractivity contribution in [1.29, 1.82) is 0 Å². The third kappa shape index (κ3) is 5.13. The molecule has 8 nitrogen and oxygen atoms in total. The van der Waals surface area contributed by atoms with Crippen molar-refractivity contribution in [2.24, 2.45) is 0 Å². The molecule has 168 valence electrons. The summed E-state index contributed by atoms with van der Waals surface area (Å²) in [5, 5.41) is 2.96. The van der Waals surface area contributed by atoms with Crippen LogP contribution in [0.3, 0.4) is 0 Å². The molecule has 0 bridgehead atoms. The number of benzene rings is 2. The van der Waals surface area contributed by atoms with Crippen molar-refractivity contribution in [2.45, 2.75) is 9.79 Å². The van der Waals surface area contributed by atoms with Crippen molar-refractivity contribution in [2.75, 3.05) is 24.7 Å². The van der Waals surface area contributed by atoms with E-state index in [1.807, 2.05) is 0 Å². The van der Waals surface area contributed by atoms with Gasteiger partial charge in [0.15, 0.2) is 15.0 Å². The fourth-order valence-electron chi connectivity index (χ4n) is 2.84. The van der Waals surface area contributed by atoms with E-state index in [4.69, 9.17) is 0 Å². The van der Waals surface area contributed by atoms with Gasteiger partial charge in [0.2, 0.25) is 10.0 Å². The van der Waals surface area contributed by atoms with Crippen LogP contribution in [0.25, 0.3) is 10.2 Å². The highest BCUT2D eigenvalue weighted by Gasteiger charge is 2.23. The predicted molar refractivity (Wildman–Crippen MR) is 126 cm³/mol. The average Bonchev–Trinajstić information content (AvgIpc) is 3.14. The van der Waals surface area contributed by atoms with Gasteiger partial charge < -0.3 is 0 Å². The molecular formula is C21H21N3O5S3. The minimum atomic E-state index is -3.76. The second-order valence-electron chi connectivity index (χ2n) is 6.80. The molecular weight excluding hydrogens is 470 g/mol. The van der Waals surface area contributed by atoms with Crippen LogP contribution in [0, 0.1) is 0 Å². The Hall–Kier alpha value is -2.86. The van der Waals surface area contributed by atoms with E-state index in [2.05, 4.69) is 23.5 Å². The number of fused-ring (bicyclic) bond motifs is 1. The number of amides is 1. The molecule has 3 rings (SSSR count). The first-order valence-electron chi connectivity index (χ1n) is 9.30. The fraction of sp³-hybridized carbons (Fsp3) is 0.143. The standard InChI is InChI=1S/C21H21N3O5S3/c1-4-12-24(13-5-2)32(28,29)16-8-6-15(7-9-16)20(25)23-21-22-18-11-10-17(31(3,26)27)14-19(18)30-21/h4-11,14H,1-2,12-13H2,3H3,(H,22,23,25). The molecule has 0 atom stereocenters. The number of carbonyl (C=O) groups is 1. The first kappa shape index (κ1) is 23.8. The maximum Gasteiger partial charge on any atom is 0.257 e. The Balaban J connectivity index is 1.80. The summed E-state index contributed by atoms with van der Waals surface area (Å²) in [5.74, 6) is -0.467. The summed E-state index contributed by atoms with van der Waals surface area (Å²) in [6.45, 7) is 7.41. The van der Waals surface area contributed by atoms with Crippen molar-refractivity contribution in [3.8, 4) is 0 Å². The minimum Gasteiger partial charge on any atom is -0.298 e. The Morgan fingerprint density at radius 3 is 2.19 bits per heavy atom.